The summed E-state index contributed by atoms with van der Waals surface area (Å²) < 4.78 is 0. The van der Waals surface area contributed by atoms with Gasteiger partial charge in [0, 0.05) is 32.7 Å². The predicted molar refractivity (Wildman–Crippen MR) is 35.4 cm³/mol. The van der Waals surface area contributed by atoms with Crippen LogP contribution in [0.15, 0.2) is 6.08 Å². The fourth-order valence-electron chi connectivity index (χ4n) is 1.17. The molecule has 1 aliphatic carbocycles. The van der Waals surface area contributed by atoms with Crippen LogP contribution in [0.2, 0.25) is 0 Å². The summed E-state index contributed by atoms with van der Waals surface area (Å²) in [6.45, 7) is 4.48. The molecule has 1 heteroatoms. The van der Waals surface area contributed by atoms with Gasteiger partial charge in [-0.1, -0.05) is 32.6 Å². The van der Waals surface area contributed by atoms with Crippen LogP contribution < -0.4 is 0 Å². The molecule has 0 fully saturated rings. The smallest absolute Gasteiger partial charge is 0 e. The van der Waals surface area contributed by atoms with Crippen molar-refractivity contribution in [2.24, 2.45) is 11.8 Å². The third-order valence-electron chi connectivity index (χ3n) is 1.77. The van der Waals surface area contributed by atoms with Gasteiger partial charge in [-0.05, 0) is 0 Å². The van der Waals surface area contributed by atoms with Crippen molar-refractivity contribution in [2.45, 2.75) is 26.7 Å². The molecule has 1 radical (unpaired) electrons. The predicted octanol–water partition coefficient (Wildman–Crippen LogP) is 2.41. The number of allylic oxidation sites excluding steroid dienone is 2. The Morgan fingerprint density at radius 2 is 2.33 bits per heavy atom. The molecule has 0 aliphatic heterocycles. The molecule has 2 atom stereocenters. The van der Waals surface area contributed by atoms with Crippen molar-refractivity contribution < 1.29 is 32.7 Å². The van der Waals surface area contributed by atoms with Gasteiger partial charge in [-0.2, -0.15) is 5.92 Å². The largest absolute Gasteiger partial charge is 0.497 e. The van der Waals surface area contributed by atoms with Crippen molar-refractivity contribution >= 4 is 0 Å². The Hall–Kier alpha value is 0.844. The summed E-state index contributed by atoms with van der Waals surface area (Å²) in [5.74, 6) is 1.56. The molecule has 1 unspecified atom stereocenters. The fourth-order valence-corrected chi connectivity index (χ4v) is 1.17. The molecule has 0 saturated carbocycles. The van der Waals surface area contributed by atoms with E-state index in [9.17, 15) is 0 Å². The van der Waals surface area contributed by atoms with Crippen LogP contribution in [0.3, 0.4) is 0 Å². The molecule has 0 aromatic carbocycles. The summed E-state index contributed by atoms with van der Waals surface area (Å²) in [7, 11) is 0. The molecule has 0 amide bonds. The van der Waals surface area contributed by atoms with E-state index in [-0.39, 0.29) is 32.7 Å². The van der Waals surface area contributed by atoms with Crippen LogP contribution in [0, 0.1) is 17.9 Å². The summed E-state index contributed by atoms with van der Waals surface area (Å²) in [5, 5.41) is 0. The van der Waals surface area contributed by atoms with Crippen LogP contribution in [-0.2, 0) is 32.7 Å². The summed E-state index contributed by atoms with van der Waals surface area (Å²) in [4.78, 5) is 0. The maximum absolute atomic E-state index is 3.33. The summed E-state index contributed by atoms with van der Waals surface area (Å²) in [5.41, 5.74) is 0. The van der Waals surface area contributed by atoms with Crippen LogP contribution in [-0.4, -0.2) is 0 Å². The normalized spacial score (nSPS) is 32.2. The Morgan fingerprint density at radius 1 is 1.67 bits per heavy atom. The minimum absolute atomic E-state index is 0. The van der Waals surface area contributed by atoms with Gasteiger partial charge < -0.3 is 6.08 Å². The maximum Gasteiger partial charge on any atom is 0 e. The van der Waals surface area contributed by atoms with Crippen molar-refractivity contribution in [3.05, 3.63) is 12.2 Å². The SMILES string of the molecule is CC[C@@H]1[C-]=CC(C)C1.[Y]. The van der Waals surface area contributed by atoms with Crippen molar-refractivity contribution in [1.82, 2.24) is 0 Å². The number of hydrogen-bond acceptors (Lipinski definition) is 0. The van der Waals surface area contributed by atoms with Gasteiger partial charge in [0.1, 0.15) is 0 Å². The van der Waals surface area contributed by atoms with E-state index in [2.05, 4.69) is 26.0 Å². The first kappa shape index (κ1) is 9.84. The van der Waals surface area contributed by atoms with Gasteiger partial charge in [0.25, 0.3) is 0 Å². The van der Waals surface area contributed by atoms with Crippen molar-refractivity contribution in [1.29, 1.82) is 0 Å². The first-order valence-corrected chi connectivity index (χ1v) is 3.42. The van der Waals surface area contributed by atoms with Gasteiger partial charge in [-0.3, -0.25) is 6.08 Å². The zero-order valence-electron chi connectivity index (χ0n) is 6.22. The first-order valence-electron chi connectivity index (χ1n) is 3.42. The van der Waals surface area contributed by atoms with Gasteiger partial charge >= 0.3 is 0 Å². The van der Waals surface area contributed by atoms with E-state index in [1.54, 1.807) is 0 Å². The molecule has 0 saturated heterocycles. The van der Waals surface area contributed by atoms with E-state index in [0.717, 1.165) is 11.8 Å². The minimum Gasteiger partial charge on any atom is -0.497 e. The average Bonchev–Trinajstić information content (AvgIpc) is 2.14. The van der Waals surface area contributed by atoms with E-state index < -0.39 is 0 Å². The topological polar surface area (TPSA) is 0 Å². The molecule has 0 nitrogen and oxygen atoms in total. The van der Waals surface area contributed by atoms with Gasteiger partial charge in [-0.25, -0.2) is 0 Å². The van der Waals surface area contributed by atoms with E-state index in [4.69, 9.17) is 0 Å². The van der Waals surface area contributed by atoms with Gasteiger partial charge in [0.05, 0.1) is 0 Å². The summed E-state index contributed by atoms with van der Waals surface area (Å²) in [6, 6.07) is 0. The average molecular weight is 198 g/mol. The molecule has 0 spiro atoms. The fraction of sp³-hybridized carbons (Fsp3) is 0.750. The van der Waals surface area contributed by atoms with E-state index >= 15 is 0 Å². The second-order valence-electron chi connectivity index (χ2n) is 2.65. The Labute approximate surface area is 83.0 Å². The van der Waals surface area contributed by atoms with Crippen LogP contribution in [0.1, 0.15) is 26.7 Å². The van der Waals surface area contributed by atoms with Crippen LogP contribution >= 0.6 is 0 Å². The van der Waals surface area contributed by atoms with E-state index in [1.807, 2.05) is 0 Å². The standard InChI is InChI=1S/C8H13.Y/c1-3-8-5-4-7(2)6-8;/h4,7-8H,3,6H2,1-2H3;/q-1;/t7?,8-;/m1./s1. The molecule has 0 aromatic rings. The number of rotatable bonds is 1. The molecule has 0 aromatic heterocycles. The molecule has 0 bridgehead atoms. The van der Waals surface area contributed by atoms with Gasteiger partial charge in [0.15, 0.2) is 0 Å². The van der Waals surface area contributed by atoms with Crippen LogP contribution in [0.5, 0.6) is 0 Å². The van der Waals surface area contributed by atoms with Crippen LogP contribution in [0.25, 0.3) is 0 Å². The quantitative estimate of drug-likeness (QED) is 0.567. The zero-order valence-corrected chi connectivity index (χ0v) is 9.06. The van der Waals surface area contributed by atoms with Crippen molar-refractivity contribution in [3.63, 3.8) is 0 Å². The Kier molecular flexibility index (Phi) is 5.06. The molecular weight excluding hydrogens is 185 g/mol. The molecule has 0 N–H and O–H groups in total. The Morgan fingerprint density at radius 3 is 2.56 bits per heavy atom. The van der Waals surface area contributed by atoms with Crippen molar-refractivity contribution in [3.8, 4) is 0 Å². The number of hydrogen-bond donors (Lipinski definition) is 0. The maximum atomic E-state index is 3.33. The molecule has 49 valence electrons. The molecule has 0 heterocycles. The zero-order chi connectivity index (χ0) is 5.98. The monoisotopic (exact) mass is 198 g/mol. The molecule has 1 aliphatic rings. The second-order valence-corrected chi connectivity index (χ2v) is 2.65. The Bertz CT molecular complexity index is 96.7. The Balaban J connectivity index is 0.000000640. The summed E-state index contributed by atoms with van der Waals surface area (Å²) >= 11 is 0. The van der Waals surface area contributed by atoms with E-state index in [0.29, 0.717) is 0 Å². The van der Waals surface area contributed by atoms with E-state index in [1.165, 1.54) is 12.8 Å². The third kappa shape index (κ3) is 2.95. The van der Waals surface area contributed by atoms with Gasteiger partial charge in [0.2, 0.25) is 0 Å². The first-order chi connectivity index (χ1) is 3.83. The summed E-state index contributed by atoms with van der Waals surface area (Å²) in [6.07, 6.45) is 8.13. The molecule has 1 rings (SSSR count). The van der Waals surface area contributed by atoms with Crippen LogP contribution in [0.4, 0.5) is 0 Å². The molecule has 9 heavy (non-hydrogen) atoms. The minimum atomic E-state index is 0. The van der Waals surface area contributed by atoms with Gasteiger partial charge in [-0.15, -0.1) is 0 Å². The van der Waals surface area contributed by atoms with Crippen molar-refractivity contribution in [2.75, 3.05) is 0 Å². The second kappa shape index (κ2) is 4.63. The third-order valence-corrected chi connectivity index (χ3v) is 1.77. The molecular formula is C8H13Y-.